The number of amides is 1. The third kappa shape index (κ3) is 4.84. The second kappa shape index (κ2) is 6.88. The summed E-state index contributed by atoms with van der Waals surface area (Å²) in [6.07, 6.45) is 0. The number of benzene rings is 1. The predicted molar refractivity (Wildman–Crippen MR) is 66.9 cm³/mol. The molecule has 0 fully saturated rings. The third-order valence-electron chi connectivity index (χ3n) is 2.15. The van der Waals surface area contributed by atoms with E-state index in [9.17, 15) is 4.79 Å². The molecule has 0 spiro atoms. The second-order valence-electron chi connectivity index (χ2n) is 3.68. The van der Waals surface area contributed by atoms with E-state index in [1.807, 2.05) is 13.0 Å². The van der Waals surface area contributed by atoms with Crippen LogP contribution in [0.25, 0.3) is 0 Å². The van der Waals surface area contributed by atoms with Gasteiger partial charge in [0.15, 0.2) is 0 Å². The zero-order chi connectivity index (χ0) is 12.7. The van der Waals surface area contributed by atoms with Crippen molar-refractivity contribution in [2.24, 2.45) is 0 Å². The van der Waals surface area contributed by atoms with Gasteiger partial charge in [0.1, 0.15) is 6.61 Å². The smallest absolute Gasteiger partial charge is 0.250 e. The summed E-state index contributed by atoms with van der Waals surface area (Å²) >= 11 is 0. The van der Waals surface area contributed by atoms with Crippen molar-refractivity contribution in [2.45, 2.75) is 6.92 Å². The van der Waals surface area contributed by atoms with Gasteiger partial charge in [0.05, 0.1) is 24.6 Å². The first kappa shape index (κ1) is 13.5. The lowest BCUT2D eigenvalue weighted by Gasteiger charge is -2.09. The number of rotatable bonds is 6. The highest BCUT2D eigenvalue weighted by atomic mass is 16.5. The highest BCUT2D eigenvalue weighted by Crippen LogP contribution is 2.19. The fourth-order valence-electron chi connectivity index (χ4n) is 1.29. The minimum absolute atomic E-state index is 0.00330. The molecule has 5 nitrogen and oxygen atoms in total. The fraction of sp³-hybridized carbons (Fsp3) is 0.417. The molecule has 1 aromatic carbocycles. The Kier molecular flexibility index (Phi) is 5.45. The van der Waals surface area contributed by atoms with Crippen LogP contribution in [0.2, 0.25) is 0 Å². The zero-order valence-electron chi connectivity index (χ0n) is 10.2. The normalized spacial score (nSPS) is 10.2. The number of ether oxygens (including phenoxy) is 2. The Morgan fingerprint density at radius 1 is 1.41 bits per heavy atom. The van der Waals surface area contributed by atoms with Gasteiger partial charge in [0, 0.05) is 7.11 Å². The lowest BCUT2D eigenvalue weighted by molar-refractivity contribution is -0.121. The van der Waals surface area contributed by atoms with Gasteiger partial charge < -0.3 is 20.5 Å². The van der Waals surface area contributed by atoms with E-state index in [1.165, 1.54) is 0 Å². The summed E-state index contributed by atoms with van der Waals surface area (Å²) in [6.45, 7) is 2.81. The SMILES string of the molecule is COCCOCC(=O)Nc1ccc(C)cc1N. The third-order valence-corrected chi connectivity index (χ3v) is 2.15. The molecule has 0 aliphatic carbocycles. The number of carbonyl (C=O) groups excluding carboxylic acids is 1. The highest BCUT2D eigenvalue weighted by Gasteiger charge is 2.05. The second-order valence-corrected chi connectivity index (χ2v) is 3.68. The molecule has 94 valence electrons. The summed E-state index contributed by atoms with van der Waals surface area (Å²) in [5.41, 5.74) is 7.98. The lowest BCUT2D eigenvalue weighted by atomic mass is 10.2. The Bertz CT molecular complexity index is 380. The van der Waals surface area contributed by atoms with Crippen LogP contribution >= 0.6 is 0 Å². The molecular weight excluding hydrogens is 220 g/mol. The maximum Gasteiger partial charge on any atom is 0.250 e. The largest absolute Gasteiger partial charge is 0.397 e. The van der Waals surface area contributed by atoms with Crippen LogP contribution in [0.3, 0.4) is 0 Å². The van der Waals surface area contributed by atoms with Gasteiger partial charge in [-0.3, -0.25) is 4.79 Å². The number of anilines is 2. The highest BCUT2D eigenvalue weighted by molar-refractivity contribution is 5.94. The molecule has 0 unspecified atom stereocenters. The molecule has 0 aliphatic heterocycles. The summed E-state index contributed by atoms with van der Waals surface area (Å²) in [5, 5.41) is 2.68. The number of methoxy groups -OCH3 is 1. The van der Waals surface area contributed by atoms with Crippen LogP contribution in [0.15, 0.2) is 18.2 Å². The van der Waals surface area contributed by atoms with E-state index in [4.69, 9.17) is 15.2 Å². The molecule has 17 heavy (non-hydrogen) atoms. The molecule has 1 rings (SSSR count). The first-order valence-corrected chi connectivity index (χ1v) is 5.36. The topological polar surface area (TPSA) is 73.6 Å². The number of carbonyl (C=O) groups is 1. The summed E-state index contributed by atoms with van der Waals surface area (Å²) in [4.78, 5) is 11.5. The van der Waals surface area contributed by atoms with Crippen LogP contribution < -0.4 is 11.1 Å². The van der Waals surface area contributed by atoms with Crippen LogP contribution in [0.4, 0.5) is 11.4 Å². The molecule has 0 bridgehead atoms. The number of nitrogen functional groups attached to an aromatic ring is 1. The van der Waals surface area contributed by atoms with Crippen LogP contribution in [0.5, 0.6) is 0 Å². The average Bonchev–Trinajstić information content (AvgIpc) is 2.28. The summed E-state index contributed by atoms with van der Waals surface area (Å²) in [7, 11) is 1.58. The number of hydrogen-bond donors (Lipinski definition) is 2. The molecular formula is C12H18N2O3. The Hall–Kier alpha value is -1.59. The van der Waals surface area contributed by atoms with Gasteiger partial charge in [-0.15, -0.1) is 0 Å². The molecule has 0 aromatic heterocycles. The van der Waals surface area contributed by atoms with E-state index >= 15 is 0 Å². The monoisotopic (exact) mass is 238 g/mol. The minimum atomic E-state index is -0.225. The van der Waals surface area contributed by atoms with Crippen LogP contribution in [-0.4, -0.2) is 32.8 Å². The van der Waals surface area contributed by atoms with Crippen LogP contribution in [0.1, 0.15) is 5.56 Å². The van der Waals surface area contributed by atoms with Gasteiger partial charge in [-0.2, -0.15) is 0 Å². The lowest BCUT2D eigenvalue weighted by Crippen LogP contribution is -2.20. The van der Waals surface area contributed by atoms with E-state index in [0.29, 0.717) is 24.6 Å². The maximum atomic E-state index is 11.5. The van der Waals surface area contributed by atoms with E-state index in [0.717, 1.165) is 5.56 Å². The van der Waals surface area contributed by atoms with Gasteiger partial charge in [0.25, 0.3) is 0 Å². The number of aryl methyl sites for hydroxylation is 1. The van der Waals surface area contributed by atoms with Gasteiger partial charge in [0.2, 0.25) is 5.91 Å². The fourth-order valence-corrected chi connectivity index (χ4v) is 1.29. The van der Waals surface area contributed by atoms with Gasteiger partial charge in [-0.1, -0.05) is 6.07 Å². The summed E-state index contributed by atoms with van der Waals surface area (Å²) in [5.74, 6) is -0.225. The van der Waals surface area contributed by atoms with Gasteiger partial charge >= 0.3 is 0 Å². The van der Waals surface area contributed by atoms with Crippen molar-refractivity contribution < 1.29 is 14.3 Å². The minimum Gasteiger partial charge on any atom is -0.397 e. The van der Waals surface area contributed by atoms with E-state index in [1.54, 1.807) is 19.2 Å². The van der Waals surface area contributed by atoms with Crippen molar-refractivity contribution in [3.63, 3.8) is 0 Å². The van der Waals surface area contributed by atoms with E-state index < -0.39 is 0 Å². The van der Waals surface area contributed by atoms with Crippen molar-refractivity contribution in [1.82, 2.24) is 0 Å². The van der Waals surface area contributed by atoms with Crippen LogP contribution in [0, 0.1) is 6.92 Å². The predicted octanol–water partition coefficient (Wildman–Crippen LogP) is 1.18. The van der Waals surface area contributed by atoms with Crippen molar-refractivity contribution in [3.8, 4) is 0 Å². The Morgan fingerprint density at radius 3 is 2.82 bits per heavy atom. The van der Waals surface area contributed by atoms with Crippen molar-refractivity contribution >= 4 is 17.3 Å². The molecule has 0 saturated heterocycles. The molecule has 0 radical (unpaired) electrons. The van der Waals surface area contributed by atoms with Gasteiger partial charge in [-0.25, -0.2) is 0 Å². The van der Waals surface area contributed by atoms with Crippen molar-refractivity contribution in [2.75, 3.05) is 38.0 Å². The Labute approximate surface area is 101 Å². The summed E-state index contributed by atoms with van der Waals surface area (Å²) in [6, 6.07) is 5.47. The van der Waals surface area contributed by atoms with Crippen molar-refractivity contribution in [3.05, 3.63) is 23.8 Å². The first-order chi connectivity index (χ1) is 8.13. The molecule has 0 saturated carbocycles. The molecule has 1 aromatic rings. The summed E-state index contributed by atoms with van der Waals surface area (Å²) < 4.78 is 9.89. The molecule has 5 heteroatoms. The molecule has 0 heterocycles. The van der Waals surface area contributed by atoms with Crippen LogP contribution in [-0.2, 0) is 14.3 Å². The quantitative estimate of drug-likeness (QED) is 0.576. The molecule has 1 amide bonds. The van der Waals surface area contributed by atoms with Gasteiger partial charge in [-0.05, 0) is 24.6 Å². The Morgan fingerprint density at radius 2 is 2.18 bits per heavy atom. The zero-order valence-corrected chi connectivity index (χ0v) is 10.2. The number of hydrogen-bond acceptors (Lipinski definition) is 4. The number of nitrogens with one attached hydrogen (secondary N) is 1. The van der Waals surface area contributed by atoms with E-state index in [2.05, 4.69) is 5.32 Å². The molecule has 0 aliphatic rings. The maximum absolute atomic E-state index is 11.5. The molecule has 3 N–H and O–H groups in total. The Balaban J connectivity index is 2.40. The first-order valence-electron chi connectivity index (χ1n) is 5.36. The number of nitrogens with two attached hydrogens (primary N) is 1. The van der Waals surface area contributed by atoms with E-state index in [-0.39, 0.29) is 12.5 Å². The van der Waals surface area contributed by atoms with Crippen molar-refractivity contribution in [1.29, 1.82) is 0 Å². The molecule has 0 atom stereocenters. The average molecular weight is 238 g/mol. The standard InChI is InChI=1S/C12H18N2O3/c1-9-3-4-11(10(13)7-9)14-12(15)8-17-6-5-16-2/h3-4,7H,5-6,8,13H2,1-2H3,(H,14,15).